The van der Waals surface area contributed by atoms with Gasteiger partial charge in [-0.3, -0.25) is 4.79 Å². The van der Waals surface area contributed by atoms with Gasteiger partial charge in [-0.1, -0.05) is 24.3 Å². The fraction of sp³-hybridized carbons (Fsp3) is 0.346. The van der Waals surface area contributed by atoms with Gasteiger partial charge >= 0.3 is 0 Å². The Balaban J connectivity index is 0.00000306. The van der Waals surface area contributed by atoms with E-state index >= 15 is 0 Å². The van der Waals surface area contributed by atoms with Crippen molar-refractivity contribution in [2.45, 2.75) is 44.3 Å². The first-order valence-electron chi connectivity index (χ1n) is 11.0. The molecule has 0 radical (unpaired) electrons. The number of hydrogen-bond acceptors (Lipinski definition) is 4. The Hall–Kier alpha value is -2.41. The lowest BCUT2D eigenvalue weighted by Crippen LogP contribution is -2.44. The fourth-order valence-corrected chi connectivity index (χ4v) is 5.17. The minimum absolute atomic E-state index is 0. The van der Waals surface area contributed by atoms with Crippen molar-refractivity contribution >= 4 is 29.7 Å². The van der Waals surface area contributed by atoms with E-state index in [0.717, 1.165) is 53.0 Å². The molecule has 1 aromatic heterocycles. The van der Waals surface area contributed by atoms with Gasteiger partial charge in [-0.05, 0) is 79.6 Å². The molecular weight excluding hydrogens is 459 g/mol. The standard InChI is InChI=1S/C26H29FN2O2S.ClH/c1-28-22-10-12-23(13-11-22)29(26(30)25-4-3-15-32-25)17-20-16-19(7-14-24(20)31-2)18-5-8-21(27)9-6-18;/h3-9,14-16,22-23,28H,10-13,17H2,1-2H3;1H. The van der Waals surface area contributed by atoms with Crippen LogP contribution in [-0.4, -0.2) is 37.0 Å². The van der Waals surface area contributed by atoms with Crippen molar-refractivity contribution in [2.24, 2.45) is 0 Å². The number of carbonyl (C=O) groups is 1. The molecule has 1 heterocycles. The zero-order valence-electron chi connectivity index (χ0n) is 18.9. The van der Waals surface area contributed by atoms with E-state index < -0.39 is 0 Å². The van der Waals surface area contributed by atoms with Crippen LogP contribution in [-0.2, 0) is 6.54 Å². The van der Waals surface area contributed by atoms with Crippen LogP contribution < -0.4 is 10.1 Å². The number of halogens is 2. The highest BCUT2D eigenvalue weighted by atomic mass is 35.5. The highest BCUT2D eigenvalue weighted by molar-refractivity contribution is 7.12. The maximum Gasteiger partial charge on any atom is 0.264 e. The molecule has 1 N–H and O–H groups in total. The van der Waals surface area contributed by atoms with Gasteiger partial charge in [0.05, 0.1) is 12.0 Å². The second-order valence-electron chi connectivity index (χ2n) is 8.24. The molecule has 0 saturated heterocycles. The quantitative estimate of drug-likeness (QED) is 0.433. The number of methoxy groups -OCH3 is 1. The van der Waals surface area contributed by atoms with Crippen LogP contribution in [0.1, 0.15) is 40.9 Å². The van der Waals surface area contributed by atoms with Crippen LogP contribution in [0.2, 0.25) is 0 Å². The summed E-state index contributed by atoms with van der Waals surface area (Å²) in [4.78, 5) is 16.3. The van der Waals surface area contributed by atoms with E-state index in [0.29, 0.717) is 12.6 Å². The Labute approximate surface area is 205 Å². The summed E-state index contributed by atoms with van der Waals surface area (Å²) in [7, 11) is 3.66. The first-order valence-corrected chi connectivity index (χ1v) is 11.9. The summed E-state index contributed by atoms with van der Waals surface area (Å²) in [5, 5.41) is 5.31. The number of amides is 1. The summed E-state index contributed by atoms with van der Waals surface area (Å²) in [6.45, 7) is 0.476. The minimum atomic E-state index is -0.257. The molecule has 0 bridgehead atoms. The second-order valence-corrected chi connectivity index (χ2v) is 9.19. The lowest BCUT2D eigenvalue weighted by atomic mass is 9.89. The van der Waals surface area contributed by atoms with Crippen LogP contribution in [0.15, 0.2) is 60.0 Å². The molecule has 0 unspecified atom stereocenters. The second kappa shape index (κ2) is 11.6. The number of benzene rings is 2. The van der Waals surface area contributed by atoms with Crippen molar-refractivity contribution in [2.75, 3.05) is 14.2 Å². The molecule has 1 saturated carbocycles. The molecule has 2 aromatic carbocycles. The predicted octanol–water partition coefficient (Wildman–Crippen LogP) is 6.16. The molecule has 176 valence electrons. The van der Waals surface area contributed by atoms with Crippen molar-refractivity contribution in [3.63, 3.8) is 0 Å². The van der Waals surface area contributed by atoms with Crippen molar-refractivity contribution in [1.29, 1.82) is 0 Å². The number of thiophene rings is 1. The highest BCUT2D eigenvalue weighted by Gasteiger charge is 2.30. The van der Waals surface area contributed by atoms with Gasteiger partial charge in [0.25, 0.3) is 5.91 Å². The Bertz CT molecular complexity index is 1030. The lowest BCUT2D eigenvalue weighted by molar-refractivity contribution is 0.0604. The zero-order valence-corrected chi connectivity index (χ0v) is 20.6. The highest BCUT2D eigenvalue weighted by Crippen LogP contribution is 2.32. The fourth-order valence-electron chi connectivity index (χ4n) is 4.49. The SMILES string of the molecule is CNC1CCC(N(Cc2cc(-c3ccc(F)cc3)ccc2OC)C(=O)c2cccs2)CC1.Cl. The van der Waals surface area contributed by atoms with Crippen molar-refractivity contribution in [3.8, 4) is 16.9 Å². The minimum Gasteiger partial charge on any atom is -0.496 e. The molecule has 0 spiro atoms. The van der Waals surface area contributed by atoms with Gasteiger partial charge in [-0.2, -0.15) is 0 Å². The largest absolute Gasteiger partial charge is 0.496 e. The normalized spacial score (nSPS) is 17.8. The van der Waals surface area contributed by atoms with Gasteiger partial charge in [-0.15, -0.1) is 23.7 Å². The molecule has 1 amide bonds. The number of ether oxygens (including phenoxy) is 1. The maximum atomic E-state index is 13.5. The lowest BCUT2D eigenvalue weighted by Gasteiger charge is -2.37. The van der Waals surface area contributed by atoms with Gasteiger partial charge < -0.3 is 15.0 Å². The maximum absolute atomic E-state index is 13.5. The van der Waals surface area contributed by atoms with Gasteiger partial charge in [0.1, 0.15) is 11.6 Å². The molecule has 1 aliphatic carbocycles. The Morgan fingerprint density at radius 3 is 2.39 bits per heavy atom. The molecule has 0 atom stereocenters. The monoisotopic (exact) mass is 488 g/mol. The molecule has 0 aliphatic heterocycles. The van der Waals surface area contributed by atoms with E-state index in [-0.39, 0.29) is 30.2 Å². The number of rotatable bonds is 7. The molecule has 1 aliphatic rings. The van der Waals surface area contributed by atoms with E-state index in [2.05, 4.69) is 11.4 Å². The average molecular weight is 489 g/mol. The molecule has 33 heavy (non-hydrogen) atoms. The molecule has 7 heteroatoms. The molecule has 1 fully saturated rings. The van der Waals surface area contributed by atoms with Crippen LogP contribution in [0.25, 0.3) is 11.1 Å². The van der Waals surface area contributed by atoms with E-state index in [1.807, 2.05) is 41.6 Å². The summed E-state index contributed by atoms with van der Waals surface area (Å²) in [6.07, 6.45) is 4.06. The summed E-state index contributed by atoms with van der Waals surface area (Å²) in [5.74, 6) is 0.568. The summed E-state index contributed by atoms with van der Waals surface area (Å²) in [5.41, 5.74) is 2.86. The van der Waals surface area contributed by atoms with Gasteiger partial charge in [0.2, 0.25) is 0 Å². The van der Waals surface area contributed by atoms with Crippen molar-refractivity contribution in [1.82, 2.24) is 10.2 Å². The Kier molecular flexibility index (Phi) is 8.89. The van der Waals surface area contributed by atoms with Gasteiger partial charge in [0.15, 0.2) is 0 Å². The molecule has 4 rings (SSSR count). The first kappa shape index (κ1) is 25.2. The molecule has 3 aromatic rings. The van der Waals surface area contributed by atoms with E-state index in [1.165, 1.54) is 23.5 Å². The van der Waals surface area contributed by atoms with E-state index in [9.17, 15) is 9.18 Å². The molecular formula is C26H30ClFN2O2S. The van der Waals surface area contributed by atoms with Crippen LogP contribution in [0, 0.1) is 5.82 Å². The van der Waals surface area contributed by atoms with E-state index in [1.54, 1.807) is 19.2 Å². The topological polar surface area (TPSA) is 41.6 Å². The Morgan fingerprint density at radius 2 is 1.79 bits per heavy atom. The van der Waals surface area contributed by atoms with Gasteiger partial charge in [-0.25, -0.2) is 4.39 Å². The molecule has 4 nitrogen and oxygen atoms in total. The summed E-state index contributed by atoms with van der Waals surface area (Å²) < 4.78 is 19.0. The number of nitrogens with one attached hydrogen (secondary N) is 1. The number of hydrogen-bond donors (Lipinski definition) is 1. The first-order chi connectivity index (χ1) is 15.6. The number of carbonyl (C=O) groups excluding carboxylic acids is 1. The van der Waals surface area contributed by atoms with Crippen molar-refractivity contribution in [3.05, 3.63) is 76.2 Å². The average Bonchev–Trinajstić information content (AvgIpc) is 3.38. The third-order valence-corrected chi connectivity index (χ3v) is 7.20. The smallest absolute Gasteiger partial charge is 0.264 e. The predicted molar refractivity (Wildman–Crippen MR) is 135 cm³/mol. The number of nitrogens with zero attached hydrogens (tertiary/aromatic N) is 1. The summed E-state index contributed by atoms with van der Waals surface area (Å²) >= 11 is 1.48. The zero-order chi connectivity index (χ0) is 22.5. The third-order valence-electron chi connectivity index (χ3n) is 6.34. The third kappa shape index (κ3) is 5.94. The van der Waals surface area contributed by atoms with Gasteiger partial charge in [0, 0.05) is 24.2 Å². The van der Waals surface area contributed by atoms with Crippen LogP contribution in [0.4, 0.5) is 4.39 Å². The van der Waals surface area contributed by atoms with E-state index in [4.69, 9.17) is 4.74 Å². The van der Waals surface area contributed by atoms with Crippen LogP contribution in [0.5, 0.6) is 5.75 Å². The van der Waals surface area contributed by atoms with Crippen LogP contribution >= 0.6 is 23.7 Å². The van der Waals surface area contributed by atoms with Crippen molar-refractivity contribution < 1.29 is 13.9 Å². The summed E-state index contributed by atoms with van der Waals surface area (Å²) in [6, 6.07) is 16.9. The van der Waals surface area contributed by atoms with Crippen LogP contribution in [0.3, 0.4) is 0 Å². The Morgan fingerprint density at radius 1 is 1.09 bits per heavy atom.